The summed E-state index contributed by atoms with van der Waals surface area (Å²) in [5, 5.41) is 13.7. The van der Waals surface area contributed by atoms with Gasteiger partial charge < -0.3 is 14.8 Å². The van der Waals surface area contributed by atoms with Gasteiger partial charge in [0.15, 0.2) is 0 Å². The molecule has 0 spiro atoms. The Morgan fingerprint density at radius 2 is 2.19 bits per heavy atom. The molecule has 3 aromatic rings. The van der Waals surface area contributed by atoms with Crippen molar-refractivity contribution in [2.75, 3.05) is 38.6 Å². The first-order chi connectivity index (χ1) is 13.1. The summed E-state index contributed by atoms with van der Waals surface area (Å²) in [6, 6.07) is 3.79. The Balaban J connectivity index is 1.49. The molecule has 0 saturated carbocycles. The Morgan fingerprint density at radius 3 is 2.93 bits per heavy atom. The summed E-state index contributed by atoms with van der Waals surface area (Å²) in [7, 11) is 0. The molecule has 2 aromatic heterocycles. The van der Waals surface area contributed by atoms with Crippen LogP contribution in [0.15, 0.2) is 29.4 Å². The zero-order valence-electron chi connectivity index (χ0n) is 14.4. The van der Waals surface area contributed by atoms with E-state index >= 15 is 0 Å². The van der Waals surface area contributed by atoms with Gasteiger partial charge in [-0.15, -0.1) is 11.8 Å². The quantitative estimate of drug-likeness (QED) is 0.606. The number of hydrogen-bond acceptors (Lipinski definition) is 6. The number of carbonyl (C=O) groups is 1. The normalized spacial score (nSPS) is 15.4. The van der Waals surface area contributed by atoms with E-state index in [2.05, 4.69) is 20.0 Å². The van der Waals surface area contributed by atoms with Crippen LogP contribution < -0.4 is 0 Å². The number of nitrogens with one attached hydrogen (secondary N) is 1. The number of hydrogen-bond donors (Lipinski definition) is 2. The predicted molar refractivity (Wildman–Crippen MR) is 103 cm³/mol. The lowest BCUT2D eigenvalue weighted by atomic mass is 10.3. The third kappa shape index (κ3) is 4.11. The summed E-state index contributed by atoms with van der Waals surface area (Å²) >= 11 is 8.12. The van der Waals surface area contributed by atoms with Gasteiger partial charge in [0.25, 0.3) is 0 Å². The summed E-state index contributed by atoms with van der Waals surface area (Å²) in [6.45, 7) is 4.52. The number of H-pyrrole nitrogens is 1. The molecule has 0 amide bonds. The van der Waals surface area contributed by atoms with E-state index in [-0.39, 0.29) is 5.56 Å². The molecule has 142 valence electrons. The van der Waals surface area contributed by atoms with Crippen molar-refractivity contribution in [2.24, 2.45) is 0 Å². The van der Waals surface area contributed by atoms with Crippen molar-refractivity contribution < 1.29 is 14.6 Å². The maximum absolute atomic E-state index is 11.0. The SMILES string of the molecule is O=C(O)c1cnn(-c2nc3cc(SCCN4CCOCC4)c(Cl)cc3[nH]2)c1. The highest BCUT2D eigenvalue weighted by Crippen LogP contribution is 2.31. The number of rotatable bonds is 6. The number of carboxylic acid groups (broad SMARTS) is 1. The van der Waals surface area contributed by atoms with Crippen LogP contribution in [0, 0.1) is 0 Å². The van der Waals surface area contributed by atoms with E-state index < -0.39 is 5.97 Å². The van der Waals surface area contributed by atoms with E-state index in [1.54, 1.807) is 11.8 Å². The fourth-order valence-electron chi connectivity index (χ4n) is 2.88. The largest absolute Gasteiger partial charge is 0.478 e. The lowest BCUT2D eigenvalue weighted by molar-refractivity contribution is 0.0410. The first kappa shape index (κ1) is 18.3. The van der Waals surface area contributed by atoms with Gasteiger partial charge in [-0.2, -0.15) is 5.10 Å². The fourth-order valence-corrected chi connectivity index (χ4v) is 4.16. The second-order valence-corrected chi connectivity index (χ2v) is 7.69. The molecule has 4 rings (SSSR count). The number of thioether (sulfide) groups is 1. The third-order valence-corrected chi connectivity index (χ3v) is 5.80. The van der Waals surface area contributed by atoms with Crippen LogP contribution in [0.25, 0.3) is 17.0 Å². The molecule has 10 heteroatoms. The summed E-state index contributed by atoms with van der Waals surface area (Å²) in [6.07, 6.45) is 2.70. The molecule has 0 bridgehead atoms. The van der Waals surface area contributed by atoms with E-state index in [1.807, 2.05) is 12.1 Å². The van der Waals surface area contributed by atoms with Crippen LogP contribution >= 0.6 is 23.4 Å². The molecule has 0 atom stereocenters. The Bertz CT molecular complexity index is 967. The number of fused-ring (bicyclic) bond motifs is 1. The Morgan fingerprint density at radius 1 is 1.37 bits per heavy atom. The lowest BCUT2D eigenvalue weighted by Crippen LogP contribution is -2.37. The number of carboxylic acids is 1. The van der Waals surface area contributed by atoms with Crippen LogP contribution in [-0.4, -0.2) is 74.3 Å². The van der Waals surface area contributed by atoms with Gasteiger partial charge in [-0.05, 0) is 12.1 Å². The maximum Gasteiger partial charge on any atom is 0.338 e. The Hall–Kier alpha value is -2.07. The molecule has 1 aliphatic rings. The molecule has 27 heavy (non-hydrogen) atoms. The Kier molecular flexibility index (Phi) is 5.35. The van der Waals surface area contributed by atoms with Gasteiger partial charge in [0.05, 0.1) is 41.0 Å². The molecular weight excluding hydrogens is 390 g/mol. The standard InChI is InChI=1S/C17H18ClN5O3S/c18-12-7-13-14(8-15(12)27-6-3-22-1-4-26-5-2-22)21-17(20-13)23-10-11(9-19-23)16(24)25/h7-10H,1-6H2,(H,20,21)(H,24,25). The second-order valence-electron chi connectivity index (χ2n) is 6.14. The van der Waals surface area contributed by atoms with Gasteiger partial charge in [0.1, 0.15) is 0 Å². The highest BCUT2D eigenvalue weighted by atomic mass is 35.5. The highest BCUT2D eigenvalue weighted by Gasteiger charge is 2.14. The molecule has 1 aromatic carbocycles. The minimum Gasteiger partial charge on any atom is -0.478 e. The van der Waals surface area contributed by atoms with Crippen molar-refractivity contribution in [1.29, 1.82) is 0 Å². The summed E-state index contributed by atoms with van der Waals surface area (Å²) in [5.41, 5.74) is 1.64. The zero-order chi connectivity index (χ0) is 18.8. The van der Waals surface area contributed by atoms with Crippen molar-refractivity contribution in [3.05, 3.63) is 35.1 Å². The van der Waals surface area contributed by atoms with Gasteiger partial charge in [-0.3, -0.25) is 4.90 Å². The predicted octanol–water partition coefficient (Wildman–Crippen LogP) is 2.52. The zero-order valence-corrected chi connectivity index (χ0v) is 16.0. The lowest BCUT2D eigenvalue weighted by Gasteiger charge is -2.26. The topological polar surface area (TPSA) is 96.3 Å². The molecule has 1 aliphatic heterocycles. The van der Waals surface area contributed by atoms with Crippen LogP contribution in [0.4, 0.5) is 0 Å². The smallest absolute Gasteiger partial charge is 0.338 e. The van der Waals surface area contributed by atoms with E-state index in [0.29, 0.717) is 11.0 Å². The molecule has 2 N–H and O–H groups in total. The summed E-state index contributed by atoms with van der Waals surface area (Å²) < 4.78 is 6.77. The van der Waals surface area contributed by atoms with E-state index in [4.69, 9.17) is 21.4 Å². The molecular formula is C17H18ClN5O3S. The number of halogens is 1. The number of aromatic nitrogens is 4. The minimum atomic E-state index is -1.03. The van der Waals surface area contributed by atoms with Crippen molar-refractivity contribution in [3.63, 3.8) is 0 Å². The van der Waals surface area contributed by atoms with Crippen LogP contribution in [0.2, 0.25) is 5.02 Å². The average Bonchev–Trinajstić information content (AvgIpc) is 3.29. The van der Waals surface area contributed by atoms with Crippen LogP contribution in [0.3, 0.4) is 0 Å². The first-order valence-corrected chi connectivity index (χ1v) is 9.87. The van der Waals surface area contributed by atoms with E-state index in [1.165, 1.54) is 17.1 Å². The number of aromatic amines is 1. The van der Waals surface area contributed by atoms with Crippen molar-refractivity contribution in [1.82, 2.24) is 24.6 Å². The molecule has 3 heterocycles. The number of morpholine rings is 1. The molecule has 1 fully saturated rings. The van der Waals surface area contributed by atoms with Gasteiger partial charge in [0, 0.05) is 36.5 Å². The van der Waals surface area contributed by atoms with Gasteiger partial charge in [-0.25, -0.2) is 14.5 Å². The van der Waals surface area contributed by atoms with Crippen LogP contribution in [-0.2, 0) is 4.74 Å². The van der Waals surface area contributed by atoms with Gasteiger partial charge in [-0.1, -0.05) is 11.6 Å². The van der Waals surface area contributed by atoms with E-state index in [9.17, 15) is 4.79 Å². The molecule has 0 aliphatic carbocycles. The Labute approximate surface area is 164 Å². The van der Waals surface area contributed by atoms with Gasteiger partial charge >= 0.3 is 5.97 Å². The van der Waals surface area contributed by atoms with Crippen LogP contribution in [0.1, 0.15) is 10.4 Å². The highest BCUT2D eigenvalue weighted by molar-refractivity contribution is 7.99. The maximum atomic E-state index is 11.0. The van der Waals surface area contributed by atoms with E-state index in [0.717, 1.165) is 54.5 Å². The second kappa shape index (κ2) is 7.89. The molecule has 1 saturated heterocycles. The average molecular weight is 408 g/mol. The van der Waals surface area contributed by atoms with Gasteiger partial charge in [0.2, 0.25) is 5.95 Å². The van der Waals surface area contributed by atoms with Crippen molar-refractivity contribution in [2.45, 2.75) is 4.90 Å². The summed E-state index contributed by atoms with van der Waals surface area (Å²) in [5.74, 6) is 0.354. The minimum absolute atomic E-state index is 0.104. The first-order valence-electron chi connectivity index (χ1n) is 8.50. The van der Waals surface area contributed by atoms with Crippen LogP contribution in [0.5, 0.6) is 0 Å². The summed E-state index contributed by atoms with van der Waals surface area (Å²) in [4.78, 5) is 22.0. The molecule has 0 unspecified atom stereocenters. The molecule has 0 radical (unpaired) electrons. The fraction of sp³-hybridized carbons (Fsp3) is 0.353. The third-order valence-electron chi connectivity index (χ3n) is 4.34. The number of ether oxygens (including phenoxy) is 1. The number of benzene rings is 1. The monoisotopic (exact) mass is 407 g/mol. The van der Waals surface area contributed by atoms with Crippen molar-refractivity contribution >= 4 is 40.4 Å². The number of imidazole rings is 1. The van der Waals surface area contributed by atoms with Crippen molar-refractivity contribution in [3.8, 4) is 5.95 Å². The molecule has 8 nitrogen and oxygen atoms in total. The number of aromatic carboxylic acids is 1. The number of nitrogens with zero attached hydrogens (tertiary/aromatic N) is 4.